The van der Waals surface area contributed by atoms with Gasteiger partial charge in [0.15, 0.2) is 0 Å². The summed E-state index contributed by atoms with van der Waals surface area (Å²) in [5.74, 6) is 0. The Morgan fingerprint density at radius 1 is 0.727 bits per heavy atom. The van der Waals surface area contributed by atoms with E-state index in [1.807, 2.05) is 6.20 Å². The molecule has 2 heterocycles. The third-order valence-electron chi connectivity index (χ3n) is 6.31. The monoisotopic (exact) mass is 432 g/mol. The summed E-state index contributed by atoms with van der Waals surface area (Å²) in [4.78, 5) is 9.94. The molecule has 5 rings (SSSR count). The van der Waals surface area contributed by atoms with Gasteiger partial charge in [0, 0.05) is 28.2 Å². The van der Waals surface area contributed by atoms with E-state index in [4.69, 9.17) is 9.97 Å². The maximum atomic E-state index is 5.02. The SMILES string of the molecule is CC(C)(C)Cc1ccc2c(ccc3ccnc(-c4cc(C(C)(C)C)c5ccccc5c4)c32)n1. The van der Waals surface area contributed by atoms with E-state index < -0.39 is 0 Å². The van der Waals surface area contributed by atoms with Crippen LogP contribution in [0, 0.1) is 5.41 Å². The topological polar surface area (TPSA) is 25.8 Å². The summed E-state index contributed by atoms with van der Waals surface area (Å²) in [5, 5.41) is 6.11. The van der Waals surface area contributed by atoms with E-state index in [-0.39, 0.29) is 10.8 Å². The lowest BCUT2D eigenvalue weighted by Crippen LogP contribution is -2.12. The van der Waals surface area contributed by atoms with Crippen LogP contribution in [0.15, 0.2) is 72.9 Å². The van der Waals surface area contributed by atoms with Crippen molar-refractivity contribution in [2.75, 3.05) is 0 Å². The van der Waals surface area contributed by atoms with Crippen LogP contribution >= 0.6 is 0 Å². The van der Waals surface area contributed by atoms with Crippen LogP contribution in [0.25, 0.3) is 43.7 Å². The molecule has 2 aromatic heterocycles. The van der Waals surface area contributed by atoms with Crippen molar-refractivity contribution in [3.05, 3.63) is 84.2 Å². The third kappa shape index (κ3) is 4.11. The number of benzene rings is 3. The Labute approximate surface area is 196 Å². The van der Waals surface area contributed by atoms with E-state index in [1.54, 1.807) is 0 Å². The maximum Gasteiger partial charge on any atom is 0.0787 e. The second-order valence-electron chi connectivity index (χ2n) is 11.4. The highest BCUT2D eigenvalue weighted by Crippen LogP contribution is 2.38. The molecule has 0 aliphatic rings. The van der Waals surface area contributed by atoms with Crippen molar-refractivity contribution in [1.82, 2.24) is 9.97 Å². The summed E-state index contributed by atoms with van der Waals surface area (Å²) >= 11 is 0. The number of nitrogens with zero attached hydrogens (tertiary/aromatic N) is 2. The van der Waals surface area contributed by atoms with Gasteiger partial charge in [-0.2, -0.15) is 0 Å². The van der Waals surface area contributed by atoms with Gasteiger partial charge in [0.25, 0.3) is 0 Å². The fourth-order valence-electron chi connectivity index (χ4n) is 4.85. The van der Waals surface area contributed by atoms with E-state index in [2.05, 4.69) is 108 Å². The van der Waals surface area contributed by atoms with Gasteiger partial charge in [-0.05, 0) is 69.3 Å². The number of pyridine rings is 2. The lowest BCUT2D eigenvalue weighted by molar-refractivity contribution is 0.407. The number of rotatable bonds is 2. The van der Waals surface area contributed by atoms with Crippen LogP contribution in [0.3, 0.4) is 0 Å². The van der Waals surface area contributed by atoms with Gasteiger partial charge in [-0.15, -0.1) is 0 Å². The molecule has 5 aromatic rings. The Balaban J connectivity index is 1.79. The minimum atomic E-state index is 0.0334. The highest BCUT2D eigenvalue weighted by Gasteiger charge is 2.20. The molecule has 0 saturated carbocycles. The molecule has 0 N–H and O–H groups in total. The zero-order valence-corrected chi connectivity index (χ0v) is 20.5. The van der Waals surface area contributed by atoms with Gasteiger partial charge in [-0.1, -0.05) is 77.9 Å². The van der Waals surface area contributed by atoms with Crippen LogP contribution in [0.4, 0.5) is 0 Å². The molecule has 2 heteroatoms. The summed E-state index contributed by atoms with van der Waals surface area (Å²) < 4.78 is 0. The second-order valence-corrected chi connectivity index (χ2v) is 11.4. The second kappa shape index (κ2) is 7.66. The van der Waals surface area contributed by atoms with E-state index in [0.717, 1.165) is 28.9 Å². The largest absolute Gasteiger partial charge is 0.256 e. The van der Waals surface area contributed by atoms with Crippen molar-refractivity contribution in [3.8, 4) is 11.3 Å². The van der Waals surface area contributed by atoms with E-state index in [9.17, 15) is 0 Å². The summed E-state index contributed by atoms with van der Waals surface area (Å²) in [6, 6.07) is 24.2. The minimum absolute atomic E-state index is 0.0334. The van der Waals surface area contributed by atoms with Crippen molar-refractivity contribution >= 4 is 32.4 Å². The Morgan fingerprint density at radius 2 is 1.52 bits per heavy atom. The number of fused-ring (bicyclic) bond motifs is 4. The molecular formula is C31H32N2. The van der Waals surface area contributed by atoms with Gasteiger partial charge in [0.1, 0.15) is 0 Å². The lowest BCUT2D eigenvalue weighted by Gasteiger charge is -2.23. The predicted molar refractivity (Wildman–Crippen MR) is 142 cm³/mol. The first-order valence-corrected chi connectivity index (χ1v) is 11.8. The lowest BCUT2D eigenvalue weighted by atomic mass is 9.82. The fourth-order valence-corrected chi connectivity index (χ4v) is 4.85. The smallest absolute Gasteiger partial charge is 0.0787 e. The molecule has 3 aromatic carbocycles. The number of aromatic nitrogens is 2. The first-order chi connectivity index (χ1) is 15.6. The molecule has 0 radical (unpaired) electrons. The van der Waals surface area contributed by atoms with Gasteiger partial charge in [0.2, 0.25) is 0 Å². The molecule has 2 nitrogen and oxygen atoms in total. The average molecular weight is 433 g/mol. The molecule has 0 aliphatic heterocycles. The van der Waals surface area contributed by atoms with Gasteiger partial charge in [0.05, 0.1) is 11.2 Å². The number of hydrogen-bond donors (Lipinski definition) is 0. The molecule has 166 valence electrons. The average Bonchev–Trinajstić information content (AvgIpc) is 2.76. The van der Waals surface area contributed by atoms with Crippen molar-refractivity contribution < 1.29 is 0 Å². The van der Waals surface area contributed by atoms with E-state index in [1.165, 1.54) is 32.5 Å². The number of hydrogen-bond acceptors (Lipinski definition) is 2. The summed E-state index contributed by atoms with van der Waals surface area (Å²) in [5.41, 5.74) is 5.95. The van der Waals surface area contributed by atoms with Gasteiger partial charge in [-0.25, -0.2) is 0 Å². The van der Waals surface area contributed by atoms with Crippen molar-refractivity contribution in [3.63, 3.8) is 0 Å². The molecule has 0 bridgehead atoms. The molecule has 0 aliphatic carbocycles. The van der Waals surface area contributed by atoms with Crippen molar-refractivity contribution in [2.45, 2.75) is 53.4 Å². The molecule has 0 fully saturated rings. The first-order valence-electron chi connectivity index (χ1n) is 11.8. The Kier molecular flexibility index (Phi) is 5.01. The Hall–Kier alpha value is -3.26. The van der Waals surface area contributed by atoms with Gasteiger partial charge >= 0.3 is 0 Å². The highest BCUT2D eigenvalue weighted by molar-refractivity contribution is 6.12. The summed E-state index contributed by atoms with van der Waals surface area (Å²) in [6.07, 6.45) is 2.89. The summed E-state index contributed by atoms with van der Waals surface area (Å²) in [7, 11) is 0. The van der Waals surface area contributed by atoms with Gasteiger partial charge in [-0.3, -0.25) is 9.97 Å². The van der Waals surface area contributed by atoms with Crippen LogP contribution in [-0.4, -0.2) is 9.97 Å². The zero-order chi connectivity index (χ0) is 23.4. The molecule has 0 saturated heterocycles. The van der Waals surface area contributed by atoms with Crippen LogP contribution in [0.2, 0.25) is 0 Å². The van der Waals surface area contributed by atoms with Crippen LogP contribution in [0.1, 0.15) is 52.8 Å². The Bertz CT molecular complexity index is 1500. The normalized spacial score (nSPS) is 12.7. The zero-order valence-electron chi connectivity index (χ0n) is 20.5. The molecule has 33 heavy (non-hydrogen) atoms. The van der Waals surface area contributed by atoms with Crippen LogP contribution in [0.5, 0.6) is 0 Å². The molecule has 0 atom stereocenters. The third-order valence-corrected chi connectivity index (χ3v) is 6.31. The van der Waals surface area contributed by atoms with Crippen molar-refractivity contribution in [1.29, 1.82) is 0 Å². The van der Waals surface area contributed by atoms with Crippen LogP contribution in [-0.2, 0) is 11.8 Å². The van der Waals surface area contributed by atoms with Crippen molar-refractivity contribution in [2.24, 2.45) is 5.41 Å². The van der Waals surface area contributed by atoms with Crippen LogP contribution < -0.4 is 0 Å². The van der Waals surface area contributed by atoms with E-state index in [0.29, 0.717) is 0 Å². The molecule has 0 amide bonds. The summed E-state index contributed by atoms with van der Waals surface area (Å²) in [6.45, 7) is 13.6. The highest BCUT2D eigenvalue weighted by atomic mass is 14.7. The first kappa shape index (κ1) is 21.6. The molecule has 0 unspecified atom stereocenters. The van der Waals surface area contributed by atoms with Gasteiger partial charge < -0.3 is 0 Å². The maximum absolute atomic E-state index is 5.02. The molecule has 0 spiro atoms. The Morgan fingerprint density at radius 3 is 2.27 bits per heavy atom. The standard InChI is InChI=1S/C31H32N2/c1-30(2,3)19-23-12-13-25-27(33-23)14-11-20-15-16-32-29(28(20)25)22-17-21-9-7-8-10-24(21)26(18-22)31(4,5)6/h7-18H,19H2,1-6H3. The minimum Gasteiger partial charge on any atom is -0.256 e. The predicted octanol–water partition coefficient (Wildman–Crippen LogP) is 8.49. The quantitative estimate of drug-likeness (QED) is 0.261. The van der Waals surface area contributed by atoms with E-state index >= 15 is 0 Å². The fraction of sp³-hybridized carbons (Fsp3) is 0.290. The molecular weight excluding hydrogens is 400 g/mol.